The molecule has 4 heteroatoms. The van der Waals surface area contributed by atoms with Crippen LogP contribution in [0.3, 0.4) is 0 Å². The van der Waals surface area contributed by atoms with E-state index in [0.717, 1.165) is 19.3 Å². The van der Waals surface area contributed by atoms with Gasteiger partial charge in [-0.05, 0) is 0 Å². The van der Waals surface area contributed by atoms with Gasteiger partial charge in [0.15, 0.2) is 0 Å². The Bertz CT molecular complexity index is 232. The molecule has 8 radical (unpaired) electrons. The van der Waals surface area contributed by atoms with Gasteiger partial charge in [-0.2, -0.15) is 0 Å². The van der Waals surface area contributed by atoms with Gasteiger partial charge in [0.05, 0.1) is 25.4 Å². The SMILES string of the molecule is COC1=C=NC=C[N]1.[CH2]CCC.[CH2]CCC.[CH2]CCC.[Sn]. The quantitative estimate of drug-likeness (QED) is 0.631. The fourth-order valence-corrected chi connectivity index (χ4v) is 0.354. The van der Waals surface area contributed by atoms with Crippen LogP contribution < -0.4 is 5.32 Å². The molecule has 0 aromatic carbocycles. The van der Waals surface area contributed by atoms with Gasteiger partial charge in [-0.15, -0.1) is 0 Å². The molecule has 0 saturated heterocycles. The standard InChI is InChI=1S/C5H5N2O.3C4H9.Sn/c1-8-5-4-6-2-3-7-5;3*1-3-4-2;/h2-3H,1H3;3*1,3-4H2,2H3;. The van der Waals surface area contributed by atoms with E-state index >= 15 is 0 Å². The summed E-state index contributed by atoms with van der Waals surface area (Å²) in [5, 5.41) is 3.76. The van der Waals surface area contributed by atoms with Crippen LogP contribution in [0.25, 0.3) is 0 Å². The van der Waals surface area contributed by atoms with Crippen molar-refractivity contribution >= 4 is 29.8 Å². The molecule has 0 aromatic rings. The number of methoxy groups -OCH3 is 1. The summed E-state index contributed by atoms with van der Waals surface area (Å²) in [5.41, 5.74) is 0. The molecule has 0 saturated carbocycles. The number of nitrogens with zero attached hydrogens (tertiary/aromatic N) is 2. The zero-order chi connectivity index (χ0) is 16.1. The van der Waals surface area contributed by atoms with Gasteiger partial charge in [0, 0.05) is 23.9 Å². The molecule has 0 unspecified atom stereocenters. The van der Waals surface area contributed by atoms with Gasteiger partial charge in [0.1, 0.15) is 0 Å². The molecule has 0 spiro atoms. The van der Waals surface area contributed by atoms with Crippen LogP contribution in [-0.4, -0.2) is 36.9 Å². The molecule has 1 rings (SSSR count). The van der Waals surface area contributed by atoms with Gasteiger partial charge in [-0.25, -0.2) is 10.3 Å². The Morgan fingerprint density at radius 2 is 1.33 bits per heavy atom. The molecule has 0 aliphatic carbocycles. The van der Waals surface area contributed by atoms with Gasteiger partial charge < -0.3 is 4.74 Å². The molecule has 21 heavy (non-hydrogen) atoms. The molecular weight excluding hydrogens is 367 g/mol. The Balaban J connectivity index is -0.0000000973. The Hall–Kier alpha value is -0.411. The second-order valence-electron chi connectivity index (χ2n) is 3.74. The maximum atomic E-state index is 4.69. The van der Waals surface area contributed by atoms with Crippen molar-refractivity contribution in [3.8, 4) is 0 Å². The van der Waals surface area contributed by atoms with E-state index in [9.17, 15) is 0 Å². The molecule has 120 valence electrons. The van der Waals surface area contributed by atoms with Crippen LogP contribution in [0.1, 0.15) is 59.3 Å². The first-order valence-corrected chi connectivity index (χ1v) is 7.28. The third-order valence-electron chi connectivity index (χ3n) is 1.75. The van der Waals surface area contributed by atoms with Crippen molar-refractivity contribution in [2.75, 3.05) is 7.11 Å². The molecule has 0 N–H and O–H groups in total. The minimum absolute atomic E-state index is 0. The predicted molar refractivity (Wildman–Crippen MR) is 95.8 cm³/mol. The molecule has 0 aromatic heterocycles. The van der Waals surface area contributed by atoms with E-state index in [1.807, 2.05) is 0 Å². The van der Waals surface area contributed by atoms with Gasteiger partial charge in [0.25, 0.3) is 5.88 Å². The zero-order valence-corrected chi connectivity index (χ0v) is 17.2. The van der Waals surface area contributed by atoms with Gasteiger partial charge >= 0.3 is 0 Å². The Morgan fingerprint density at radius 1 is 0.952 bits per heavy atom. The number of hydrogen-bond donors (Lipinski definition) is 0. The fraction of sp³-hybridized carbons (Fsp3) is 0.588. The minimum Gasteiger partial charge on any atom is -0.474 e. The molecule has 1 aliphatic heterocycles. The third kappa shape index (κ3) is 38.2. The number of ether oxygens (including phenoxy) is 1. The first-order chi connectivity index (χ1) is 9.67. The van der Waals surface area contributed by atoms with Crippen LogP contribution in [0.5, 0.6) is 0 Å². The van der Waals surface area contributed by atoms with Crippen LogP contribution in [0.2, 0.25) is 0 Å². The van der Waals surface area contributed by atoms with E-state index in [1.54, 1.807) is 12.4 Å². The van der Waals surface area contributed by atoms with Crippen molar-refractivity contribution in [2.45, 2.75) is 59.3 Å². The number of rotatable bonds is 4. The smallest absolute Gasteiger partial charge is 0.279 e. The average Bonchev–Trinajstić information content (AvgIpc) is 2.56. The molecule has 0 atom stereocenters. The van der Waals surface area contributed by atoms with Crippen molar-refractivity contribution in [2.24, 2.45) is 4.99 Å². The molecule has 3 nitrogen and oxygen atoms in total. The second-order valence-corrected chi connectivity index (χ2v) is 3.74. The molecule has 0 bridgehead atoms. The summed E-state index contributed by atoms with van der Waals surface area (Å²) in [6.45, 7) is 17.2. The van der Waals surface area contributed by atoms with E-state index in [2.05, 4.69) is 62.5 Å². The number of aliphatic imine (C=N–C) groups is 1. The normalized spacial score (nSPS) is 9.95. The van der Waals surface area contributed by atoms with Gasteiger partial charge in [-0.1, -0.05) is 80.1 Å². The largest absolute Gasteiger partial charge is 0.474 e. The van der Waals surface area contributed by atoms with Crippen molar-refractivity contribution in [1.82, 2.24) is 5.32 Å². The minimum atomic E-state index is 0. The average molecular weight is 399 g/mol. The molecule has 0 fully saturated rings. The summed E-state index contributed by atoms with van der Waals surface area (Å²) in [5.74, 6) is 2.96. The summed E-state index contributed by atoms with van der Waals surface area (Å²) in [6, 6.07) is 0. The molecule has 1 aliphatic rings. The van der Waals surface area contributed by atoms with Crippen LogP contribution in [0, 0.1) is 20.8 Å². The zero-order valence-electron chi connectivity index (χ0n) is 14.3. The van der Waals surface area contributed by atoms with E-state index in [0.29, 0.717) is 5.88 Å². The second kappa shape index (κ2) is 31.8. The van der Waals surface area contributed by atoms with Gasteiger partial charge in [-0.3, -0.25) is 0 Å². The summed E-state index contributed by atoms with van der Waals surface area (Å²) in [4.78, 5) is 3.64. The molecule has 0 amide bonds. The van der Waals surface area contributed by atoms with E-state index in [1.165, 1.54) is 26.4 Å². The number of hydrogen-bond acceptors (Lipinski definition) is 2. The maximum Gasteiger partial charge on any atom is 0.279 e. The maximum absolute atomic E-state index is 4.69. The van der Waals surface area contributed by atoms with Crippen LogP contribution in [0.4, 0.5) is 0 Å². The van der Waals surface area contributed by atoms with Crippen LogP contribution in [-0.2, 0) is 4.74 Å². The summed E-state index contributed by atoms with van der Waals surface area (Å²) < 4.78 is 4.69. The third-order valence-corrected chi connectivity index (χ3v) is 1.75. The van der Waals surface area contributed by atoms with Crippen molar-refractivity contribution in [3.05, 3.63) is 39.1 Å². The Morgan fingerprint density at radius 3 is 1.48 bits per heavy atom. The predicted octanol–water partition coefficient (Wildman–Crippen LogP) is 4.71. The summed E-state index contributed by atoms with van der Waals surface area (Å²) >= 11 is 0. The first kappa shape index (κ1) is 28.7. The number of unbranched alkanes of at least 4 members (excludes halogenated alkanes) is 3. The van der Waals surface area contributed by atoms with E-state index < -0.39 is 0 Å². The summed E-state index contributed by atoms with van der Waals surface area (Å²) in [6.07, 6.45) is 9.93. The van der Waals surface area contributed by atoms with Crippen LogP contribution in [0.15, 0.2) is 23.3 Å². The van der Waals surface area contributed by atoms with Crippen LogP contribution >= 0.6 is 0 Å². The van der Waals surface area contributed by atoms with Crippen molar-refractivity contribution in [3.63, 3.8) is 0 Å². The monoisotopic (exact) mass is 400 g/mol. The van der Waals surface area contributed by atoms with E-state index in [-0.39, 0.29) is 23.9 Å². The molecule has 1 heterocycles. The van der Waals surface area contributed by atoms with Crippen molar-refractivity contribution < 1.29 is 4.74 Å². The topological polar surface area (TPSA) is 35.7 Å². The fourth-order valence-electron chi connectivity index (χ4n) is 0.354. The van der Waals surface area contributed by atoms with Gasteiger partial charge in [0.2, 0.25) is 0 Å². The Kier molecular flexibility index (Phi) is 43.5. The van der Waals surface area contributed by atoms with E-state index in [4.69, 9.17) is 0 Å². The van der Waals surface area contributed by atoms with Crippen molar-refractivity contribution in [1.29, 1.82) is 0 Å². The summed E-state index contributed by atoms with van der Waals surface area (Å²) in [7, 11) is 1.53. The first-order valence-electron chi connectivity index (χ1n) is 7.28. The molecular formula is C17H32N2OSn. The Labute approximate surface area is 150 Å².